The summed E-state index contributed by atoms with van der Waals surface area (Å²) in [4.78, 5) is 29.8. The first-order valence-corrected chi connectivity index (χ1v) is 10.5. The van der Waals surface area contributed by atoms with E-state index in [-0.39, 0.29) is 17.5 Å². The number of nitrogens with zero attached hydrogens (tertiary/aromatic N) is 2. The lowest BCUT2D eigenvalue weighted by Crippen LogP contribution is -2.59. The van der Waals surface area contributed by atoms with Crippen LogP contribution in [0.3, 0.4) is 0 Å². The summed E-state index contributed by atoms with van der Waals surface area (Å²) >= 11 is 0. The van der Waals surface area contributed by atoms with Crippen molar-refractivity contribution in [2.75, 3.05) is 26.3 Å². The highest BCUT2D eigenvalue weighted by molar-refractivity contribution is 5.88. The first kappa shape index (κ1) is 17.5. The van der Waals surface area contributed by atoms with Gasteiger partial charge in [0.1, 0.15) is 11.3 Å². The standard InChI is InChI=1S/C20H33N3O2/c24-18-9-5-4-8-17(18)22-12-10-20(11-13-22)19(25)21-15-23(20)14-16-6-2-1-3-7-16/h16-17H,1-15H2,(H,21,25). The summed E-state index contributed by atoms with van der Waals surface area (Å²) in [6, 6.07) is 0.127. The summed E-state index contributed by atoms with van der Waals surface area (Å²) in [5.74, 6) is 1.42. The van der Waals surface area contributed by atoms with E-state index in [0.717, 1.165) is 64.3 Å². The second-order valence-electron chi connectivity index (χ2n) is 8.69. The van der Waals surface area contributed by atoms with Crippen molar-refractivity contribution in [2.24, 2.45) is 5.92 Å². The Labute approximate surface area is 151 Å². The number of Topliss-reactive ketones (excluding diaryl/α,β-unsaturated/α-hetero) is 1. The molecule has 4 rings (SSSR count). The van der Waals surface area contributed by atoms with Crippen LogP contribution >= 0.6 is 0 Å². The molecule has 1 spiro atoms. The van der Waals surface area contributed by atoms with E-state index in [1.54, 1.807) is 0 Å². The number of rotatable bonds is 3. The van der Waals surface area contributed by atoms with E-state index < -0.39 is 0 Å². The van der Waals surface area contributed by atoms with Crippen molar-refractivity contribution in [3.8, 4) is 0 Å². The van der Waals surface area contributed by atoms with Crippen LogP contribution in [0.2, 0.25) is 0 Å². The Hall–Kier alpha value is -0.940. The summed E-state index contributed by atoms with van der Waals surface area (Å²) in [5, 5.41) is 3.12. The fourth-order valence-electron chi connectivity index (χ4n) is 5.65. The summed E-state index contributed by atoms with van der Waals surface area (Å²) in [6.07, 6.45) is 12.5. The van der Waals surface area contributed by atoms with Gasteiger partial charge in [-0.3, -0.25) is 19.4 Å². The van der Waals surface area contributed by atoms with Crippen LogP contribution in [0.15, 0.2) is 0 Å². The second-order valence-corrected chi connectivity index (χ2v) is 8.69. The van der Waals surface area contributed by atoms with Gasteiger partial charge in [0.15, 0.2) is 0 Å². The van der Waals surface area contributed by atoms with Gasteiger partial charge < -0.3 is 5.32 Å². The highest BCUT2D eigenvalue weighted by atomic mass is 16.2. The van der Waals surface area contributed by atoms with Gasteiger partial charge in [-0.25, -0.2) is 0 Å². The van der Waals surface area contributed by atoms with Crippen molar-refractivity contribution in [1.82, 2.24) is 15.1 Å². The molecule has 2 saturated carbocycles. The third-order valence-corrected chi connectivity index (χ3v) is 7.25. The van der Waals surface area contributed by atoms with Crippen LogP contribution in [-0.4, -0.2) is 59.4 Å². The van der Waals surface area contributed by atoms with Crippen LogP contribution in [0, 0.1) is 5.92 Å². The van der Waals surface area contributed by atoms with Crippen molar-refractivity contribution in [3.05, 3.63) is 0 Å². The van der Waals surface area contributed by atoms with Gasteiger partial charge in [0, 0.05) is 26.1 Å². The van der Waals surface area contributed by atoms with Crippen molar-refractivity contribution in [1.29, 1.82) is 0 Å². The van der Waals surface area contributed by atoms with Gasteiger partial charge in [0.25, 0.3) is 0 Å². The van der Waals surface area contributed by atoms with E-state index in [2.05, 4.69) is 15.1 Å². The fraction of sp³-hybridized carbons (Fsp3) is 0.900. The molecule has 2 aliphatic carbocycles. The molecule has 5 heteroatoms. The summed E-state index contributed by atoms with van der Waals surface area (Å²) in [6.45, 7) is 3.58. The van der Waals surface area contributed by atoms with Crippen LogP contribution in [0.5, 0.6) is 0 Å². The number of carbonyl (C=O) groups excluding carboxylic acids is 2. The SMILES string of the molecule is O=C1CCCCC1N1CCC2(CC1)C(=O)NCN2CC1CCCCC1. The van der Waals surface area contributed by atoms with Crippen molar-refractivity contribution >= 4 is 11.7 Å². The molecule has 25 heavy (non-hydrogen) atoms. The monoisotopic (exact) mass is 347 g/mol. The maximum atomic E-state index is 12.7. The van der Waals surface area contributed by atoms with Crippen molar-refractivity contribution in [2.45, 2.75) is 82.2 Å². The zero-order valence-corrected chi connectivity index (χ0v) is 15.5. The third-order valence-electron chi connectivity index (χ3n) is 7.25. The minimum atomic E-state index is -0.300. The molecule has 1 N–H and O–H groups in total. The van der Waals surface area contributed by atoms with Gasteiger partial charge in [-0.1, -0.05) is 25.7 Å². The number of likely N-dealkylation sites (tertiary alicyclic amines) is 1. The maximum Gasteiger partial charge on any atom is 0.241 e. The van der Waals surface area contributed by atoms with E-state index in [1.807, 2.05) is 0 Å². The normalized spacial score (nSPS) is 32.2. The Balaban J connectivity index is 1.40. The average molecular weight is 348 g/mol. The molecule has 4 aliphatic rings. The largest absolute Gasteiger partial charge is 0.342 e. The molecule has 1 unspecified atom stereocenters. The number of piperidine rings is 1. The molecular weight excluding hydrogens is 314 g/mol. The zero-order chi connectivity index (χ0) is 17.3. The summed E-state index contributed by atoms with van der Waals surface area (Å²) in [7, 11) is 0. The highest BCUT2D eigenvalue weighted by Gasteiger charge is 2.51. The molecule has 0 bridgehead atoms. The maximum absolute atomic E-state index is 12.7. The molecule has 0 aromatic heterocycles. The summed E-state index contributed by atoms with van der Waals surface area (Å²) in [5.41, 5.74) is -0.300. The van der Waals surface area contributed by atoms with E-state index >= 15 is 0 Å². The van der Waals surface area contributed by atoms with Gasteiger partial charge in [0.2, 0.25) is 5.91 Å². The Bertz CT molecular complexity index is 507. The van der Waals surface area contributed by atoms with Gasteiger partial charge in [-0.05, 0) is 44.4 Å². The molecule has 0 radical (unpaired) electrons. The number of nitrogens with one attached hydrogen (secondary N) is 1. The fourth-order valence-corrected chi connectivity index (χ4v) is 5.65. The molecule has 1 atom stereocenters. The second kappa shape index (κ2) is 7.36. The molecule has 0 aromatic carbocycles. The van der Waals surface area contributed by atoms with Gasteiger partial charge in [-0.15, -0.1) is 0 Å². The highest BCUT2D eigenvalue weighted by Crippen LogP contribution is 2.36. The van der Waals surface area contributed by atoms with E-state index in [0.29, 0.717) is 5.78 Å². The Morgan fingerprint density at radius 2 is 1.68 bits per heavy atom. The lowest BCUT2D eigenvalue weighted by atomic mass is 9.82. The third kappa shape index (κ3) is 3.37. The molecule has 2 heterocycles. The van der Waals surface area contributed by atoms with E-state index in [4.69, 9.17) is 0 Å². The number of hydrogen-bond acceptors (Lipinski definition) is 4. The molecular formula is C20H33N3O2. The average Bonchev–Trinajstić information content (AvgIpc) is 2.93. The minimum absolute atomic E-state index is 0.127. The lowest BCUT2D eigenvalue weighted by Gasteiger charge is -2.46. The van der Waals surface area contributed by atoms with E-state index in [1.165, 1.54) is 38.5 Å². The van der Waals surface area contributed by atoms with Crippen molar-refractivity contribution in [3.63, 3.8) is 0 Å². The lowest BCUT2D eigenvalue weighted by molar-refractivity contribution is -0.132. The molecule has 2 saturated heterocycles. The van der Waals surface area contributed by atoms with Gasteiger partial charge in [0.05, 0.1) is 12.7 Å². The topological polar surface area (TPSA) is 52.7 Å². The zero-order valence-electron chi connectivity index (χ0n) is 15.5. The number of carbonyl (C=O) groups is 2. The van der Waals surface area contributed by atoms with Crippen LogP contribution < -0.4 is 5.32 Å². The number of ketones is 1. The summed E-state index contributed by atoms with van der Waals surface area (Å²) < 4.78 is 0. The van der Waals surface area contributed by atoms with Crippen LogP contribution in [0.4, 0.5) is 0 Å². The van der Waals surface area contributed by atoms with Gasteiger partial charge in [-0.2, -0.15) is 0 Å². The van der Waals surface area contributed by atoms with Crippen LogP contribution in [0.1, 0.15) is 70.6 Å². The van der Waals surface area contributed by atoms with Crippen LogP contribution in [-0.2, 0) is 9.59 Å². The predicted octanol–water partition coefficient (Wildman–Crippen LogP) is 2.30. The Kier molecular flexibility index (Phi) is 5.14. The number of hydrogen-bond donors (Lipinski definition) is 1. The quantitative estimate of drug-likeness (QED) is 0.851. The molecule has 0 aromatic rings. The molecule has 140 valence electrons. The van der Waals surface area contributed by atoms with Crippen molar-refractivity contribution < 1.29 is 9.59 Å². The molecule has 5 nitrogen and oxygen atoms in total. The molecule has 2 aliphatic heterocycles. The molecule has 4 fully saturated rings. The molecule has 1 amide bonds. The van der Waals surface area contributed by atoms with Gasteiger partial charge >= 0.3 is 0 Å². The first-order chi connectivity index (χ1) is 12.2. The first-order valence-electron chi connectivity index (χ1n) is 10.5. The Morgan fingerprint density at radius 3 is 2.40 bits per heavy atom. The predicted molar refractivity (Wildman–Crippen MR) is 97.1 cm³/mol. The smallest absolute Gasteiger partial charge is 0.241 e. The Morgan fingerprint density at radius 1 is 0.960 bits per heavy atom. The number of amides is 1. The minimum Gasteiger partial charge on any atom is -0.342 e. The van der Waals surface area contributed by atoms with E-state index in [9.17, 15) is 9.59 Å². The van der Waals surface area contributed by atoms with Crippen LogP contribution in [0.25, 0.3) is 0 Å².